The molecule has 20 heavy (non-hydrogen) atoms. The quantitative estimate of drug-likeness (QED) is 0.829. The average molecular weight is 293 g/mol. The van der Waals surface area contributed by atoms with E-state index in [0.717, 1.165) is 29.8 Å². The summed E-state index contributed by atoms with van der Waals surface area (Å²) in [6.45, 7) is 2.73. The molecule has 2 heterocycles. The molecule has 0 aliphatic rings. The lowest BCUT2D eigenvalue weighted by molar-refractivity contribution is 0.397. The van der Waals surface area contributed by atoms with Gasteiger partial charge in [-0.1, -0.05) is 24.9 Å². The van der Waals surface area contributed by atoms with Crippen LogP contribution < -0.4 is 10.1 Å². The summed E-state index contributed by atoms with van der Waals surface area (Å²) in [6.07, 6.45) is 5.03. The van der Waals surface area contributed by atoms with Gasteiger partial charge in [-0.05, 0) is 18.1 Å². The van der Waals surface area contributed by atoms with Crippen LogP contribution in [0.4, 0.5) is 5.82 Å². The molecule has 1 N–H and O–H groups in total. The minimum absolute atomic E-state index is 0.511. The largest absolute Gasteiger partial charge is 0.481 e. The molecule has 2 rings (SSSR count). The van der Waals surface area contributed by atoms with Gasteiger partial charge in [0.05, 0.1) is 7.11 Å². The topological polar surface area (TPSA) is 59.9 Å². The number of halogens is 1. The highest BCUT2D eigenvalue weighted by Crippen LogP contribution is 2.22. The third-order valence-electron chi connectivity index (χ3n) is 2.86. The van der Waals surface area contributed by atoms with E-state index >= 15 is 0 Å². The average Bonchev–Trinajstić information content (AvgIpc) is 2.48. The molecule has 6 heteroatoms. The van der Waals surface area contributed by atoms with E-state index in [2.05, 4.69) is 27.2 Å². The summed E-state index contributed by atoms with van der Waals surface area (Å²) < 4.78 is 5.10. The third-order valence-corrected chi connectivity index (χ3v) is 3.19. The maximum absolute atomic E-state index is 6.12. The summed E-state index contributed by atoms with van der Waals surface area (Å²) in [4.78, 5) is 12.4. The number of anilines is 1. The molecule has 0 saturated carbocycles. The zero-order valence-corrected chi connectivity index (χ0v) is 12.3. The van der Waals surface area contributed by atoms with E-state index in [1.54, 1.807) is 13.3 Å². The van der Waals surface area contributed by atoms with Crippen LogP contribution in [0.5, 0.6) is 5.88 Å². The van der Waals surface area contributed by atoms with Crippen LogP contribution in [0.25, 0.3) is 0 Å². The first-order valence-electron chi connectivity index (χ1n) is 6.46. The van der Waals surface area contributed by atoms with E-state index in [9.17, 15) is 0 Å². The molecule has 2 aromatic heterocycles. The maximum atomic E-state index is 6.12. The van der Waals surface area contributed by atoms with E-state index in [0.29, 0.717) is 17.6 Å². The number of nitrogens with one attached hydrogen (secondary N) is 1. The zero-order chi connectivity index (χ0) is 14.4. The second kappa shape index (κ2) is 7.05. The molecule has 2 aromatic rings. The molecule has 106 valence electrons. The van der Waals surface area contributed by atoms with E-state index in [4.69, 9.17) is 16.3 Å². The third kappa shape index (κ3) is 3.57. The van der Waals surface area contributed by atoms with Gasteiger partial charge < -0.3 is 10.1 Å². The fraction of sp³-hybridized carbons (Fsp3) is 0.357. The SMILES string of the molecule is CCCc1c(Cl)ncnc1NCc1ccnc(OC)c1. The molecule has 0 atom stereocenters. The van der Waals surface area contributed by atoms with Crippen molar-refractivity contribution < 1.29 is 4.74 Å². The van der Waals surface area contributed by atoms with Crippen LogP contribution in [0.3, 0.4) is 0 Å². The van der Waals surface area contributed by atoms with Crippen LogP contribution in [0, 0.1) is 0 Å². The number of methoxy groups -OCH3 is 1. The molecule has 0 fully saturated rings. The van der Waals surface area contributed by atoms with Gasteiger partial charge in [-0.3, -0.25) is 0 Å². The van der Waals surface area contributed by atoms with Crippen LogP contribution in [0.15, 0.2) is 24.7 Å². The van der Waals surface area contributed by atoms with Gasteiger partial charge in [0.1, 0.15) is 17.3 Å². The standard InChI is InChI=1S/C14H17ClN4O/c1-3-4-11-13(15)18-9-19-14(11)17-8-10-5-6-16-12(7-10)20-2/h5-7,9H,3-4,8H2,1-2H3,(H,17,18,19). The van der Waals surface area contributed by atoms with E-state index in [1.807, 2.05) is 12.1 Å². The van der Waals surface area contributed by atoms with Crippen molar-refractivity contribution in [2.24, 2.45) is 0 Å². The van der Waals surface area contributed by atoms with Crippen molar-refractivity contribution in [3.63, 3.8) is 0 Å². The van der Waals surface area contributed by atoms with Gasteiger partial charge in [0.25, 0.3) is 0 Å². The number of pyridine rings is 1. The summed E-state index contributed by atoms with van der Waals surface area (Å²) in [5.74, 6) is 1.38. The molecular weight excluding hydrogens is 276 g/mol. The fourth-order valence-electron chi connectivity index (χ4n) is 1.87. The van der Waals surface area contributed by atoms with Crippen LogP contribution in [0.1, 0.15) is 24.5 Å². The Morgan fingerprint density at radius 1 is 1.30 bits per heavy atom. The van der Waals surface area contributed by atoms with E-state index < -0.39 is 0 Å². The number of ether oxygens (including phenoxy) is 1. The first kappa shape index (κ1) is 14.5. The van der Waals surface area contributed by atoms with Gasteiger partial charge in [-0.25, -0.2) is 15.0 Å². The van der Waals surface area contributed by atoms with Gasteiger partial charge in [0.2, 0.25) is 5.88 Å². The Balaban J connectivity index is 2.12. The van der Waals surface area contributed by atoms with E-state index in [-0.39, 0.29) is 0 Å². The minimum Gasteiger partial charge on any atom is -0.481 e. The summed E-state index contributed by atoms with van der Waals surface area (Å²) >= 11 is 6.12. The van der Waals surface area contributed by atoms with Crippen molar-refractivity contribution in [1.29, 1.82) is 0 Å². The van der Waals surface area contributed by atoms with Crippen LogP contribution in [-0.4, -0.2) is 22.1 Å². The molecule has 0 aromatic carbocycles. The van der Waals surface area contributed by atoms with Gasteiger partial charge in [-0.2, -0.15) is 0 Å². The highest BCUT2D eigenvalue weighted by molar-refractivity contribution is 6.30. The lowest BCUT2D eigenvalue weighted by atomic mass is 10.2. The van der Waals surface area contributed by atoms with Crippen molar-refractivity contribution in [3.8, 4) is 5.88 Å². The first-order valence-corrected chi connectivity index (χ1v) is 6.84. The number of hydrogen-bond donors (Lipinski definition) is 1. The Hall–Kier alpha value is -1.88. The summed E-state index contributed by atoms with van der Waals surface area (Å²) in [7, 11) is 1.60. The van der Waals surface area contributed by atoms with Crippen molar-refractivity contribution in [2.75, 3.05) is 12.4 Å². The summed E-state index contributed by atoms with van der Waals surface area (Å²) in [5.41, 5.74) is 2.02. The molecule has 0 bridgehead atoms. The number of hydrogen-bond acceptors (Lipinski definition) is 5. The second-order valence-corrected chi connectivity index (χ2v) is 4.66. The lowest BCUT2D eigenvalue weighted by Crippen LogP contribution is -2.06. The Kier molecular flexibility index (Phi) is 5.12. The normalized spacial score (nSPS) is 10.3. The van der Waals surface area contributed by atoms with Crippen molar-refractivity contribution in [1.82, 2.24) is 15.0 Å². The number of nitrogens with zero attached hydrogens (tertiary/aromatic N) is 3. The monoisotopic (exact) mass is 292 g/mol. The van der Waals surface area contributed by atoms with E-state index in [1.165, 1.54) is 6.33 Å². The van der Waals surface area contributed by atoms with Crippen molar-refractivity contribution in [3.05, 3.63) is 40.9 Å². The van der Waals surface area contributed by atoms with Crippen LogP contribution >= 0.6 is 11.6 Å². The number of aromatic nitrogens is 3. The van der Waals surface area contributed by atoms with Crippen molar-refractivity contribution in [2.45, 2.75) is 26.3 Å². The summed E-state index contributed by atoms with van der Waals surface area (Å²) in [5, 5.41) is 3.80. The predicted octanol–water partition coefficient (Wildman–Crippen LogP) is 3.10. The molecule has 0 aliphatic carbocycles. The second-order valence-electron chi connectivity index (χ2n) is 4.30. The molecule has 0 saturated heterocycles. The Bertz CT molecular complexity index is 577. The van der Waals surface area contributed by atoms with Gasteiger partial charge in [-0.15, -0.1) is 0 Å². The Morgan fingerprint density at radius 2 is 2.15 bits per heavy atom. The number of rotatable bonds is 6. The van der Waals surface area contributed by atoms with Crippen LogP contribution in [0.2, 0.25) is 5.15 Å². The first-order chi connectivity index (χ1) is 9.74. The van der Waals surface area contributed by atoms with Gasteiger partial charge in [0, 0.05) is 24.4 Å². The molecule has 0 aliphatic heterocycles. The highest BCUT2D eigenvalue weighted by Gasteiger charge is 2.09. The maximum Gasteiger partial charge on any atom is 0.213 e. The molecule has 5 nitrogen and oxygen atoms in total. The Labute approximate surface area is 123 Å². The zero-order valence-electron chi connectivity index (χ0n) is 11.6. The molecule has 0 radical (unpaired) electrons. The van der Waals surface area contributed by atoms with Gasteiger partial charge >= 0.3 is 0 Å². The smallest absolute Gasteiger partial charge is 0.213 e. The predicted molar refractivity (Wildman–Crippen MR) is 79.2 cm³/mol. The molecule has 0 amide bonds. The fourth-order valence-corrected chi connectivity index (χ4v) is 2.10. The van der Waals surface area contributed by atoms with Crippen LogP contribution in [-0.2, 0) is 13.0 Å². The molecule has 0 spiro atoms. The lowest BCUT2D eigenvalue weighted by Gasteiger charge is -2.11. The highest BCUT2D eigenvalue weighted by atomic mass is 35.5. The summed E-state index contributed by atoms with van der Waals surface area (Å²) in [6, 6.07) is 3.81. The Morgan fingerprint density at radius 3 is 2.90 bits per heavy atom. The molecule has 0 unspecified atom stereocenters. The minimum atomic E-state index is 0.511. The van der Waals surface area contributed by atoms with Crippen molar-refractivity contribution >= 4 is 17.4 Å². The van der Waals surface area contributed by atoms with Gasteiger partial charge in [0.15, 0.2) is 0 Å². The molecular formula is C14H17ClN4O.